The number of amides is 1. The van der Waals surface area contributed by atoms with Crippen molar-refractivity contribution in [1.82, 2.24) is 15.3 Å². The second kappa shape index (κ2) is 9.19. The van der Waals surface area contributed by atoms with Crippen molar-refractivity contribution in [3.8, 4) is 11.8 Å². The third-order valence-electron chi connectivity index (χ3n) is 3.53. The zero-order valence-electron chi connectivity index (χ0n) is 16.7. The summed E-state index contributed by atoms with van der Waals surface area (Å²) >= 11 is 0. The highest BCUT2D eigenvalue weighted by atomic mass is 16.6. The van der Waals surface area contributed by atoms with Gasteiger partial charge in [0.15, 0.2) is 0 Å². The van der Waals surface area contributed by atoms with Crippen LogP contribution in [0.3, 0.4) is 0 Å². The van der Waals surface area contributed by atoms with Gasteiger partial charge in [0.25, 0.3) is 0 Å². The van der Waals surface area contributed by atoms with Gasteiger partial charge in [0, 0.05) is 6.04 Å². The van der Waals surface area contributed by atoms with Crippen molar-refractivity contribution in [3.63, 3.8) is 0 Å². The van der Waals surface area contributed by atoms with E-state index in [-0.39, 0.29) is 41.8 Å². The molecule has 1 aromatic rings. The highest BCUT2D eigenvalue weighted by molar-refractivity contribution is 5.67. The van der Waals surface area contributed by atoms with Crippen molar-refractivity contribution in [2.45, 2.75) is 46.7 Å². The highest BCUT2D eigenvalue weighted by Crippen LogP contribution is 2.35. The van der Waals surface area contributed by atoms with E-state index in [1.807, 2.05) is 34.6 Å². The third kappa shape index (κ3) is 6.42. The van der Waals surface area contributed by atoms with Crippen molar-refractivity contribution in [2.24, 2.45) is 5.41 Å². The van der Waals surface area contributed by atoms with Crippen molar-refractivity contribution >= 4 is 17.7 Å². The van der Waals surface area contributed by atoms with Crippen LogP contribution in [-0.4, -0.2) is 53.9 Å². The zero-order valence-corrected chi connectivity index (χ0v) is 16.7. The van der Waals surface area contributed by atoms with Crippen molar-refractivity contribution < 1.29 is 23.9 Å². The Hall–Kier alpha value is -2.85. The smallest absolute Gasteiger partial charge is 0.407 e. The number of nitrogens with one attached hydrogen (secondary N) is 2. The Bertz CT molecular complexity index is 649. The molecular formula is C16H27N5O6. The lowest BCUT2D eigenvalue weighted by atomic mass is 9.87. The van der Waals surface area contributed by atoms with Gasteiger partial charge in [-0.2, -0.15) is 9.97 Å². The Morgan fingerprint density at radius 3 is 2.07 bits per heavy atom. The van der Waals surface area contributed by atoms with Crippen LogP contribution >= 0.6 is 0 Å². The Labute approximate surface area is 158 Å². The van der Waals surface area contributed by atoms with Crippen molar-refractivity contribution in [1.29, 1.82) is 0 Å². The van der Waals surface area contributed by atoms with Gasteiger partial charge >= 0.3 is 23.5 Å². The van der Waals surface area contributed by atoms with E-state index in [4.69, 9.17) is 14.2 Å². The lowest BCUT2D eigenvalue weighted by Gasteiger charge is -2.31. The predicted molar refractivity (Wildman–Crippen MR) is 98.3 cm³/mol. The molecule has 0 aliphatic carbocycles. The summed E-state index contributed by atoms with van der Waals surface area (Å²) in [6, 6.07) is -0.434. The molecule has 11 nitrogen and oxygen atoms in total. The Kier molecular flexibility index (Phi) is 7.56. The molecule has 2 N–H and O–H groups in total. The van der Waals surface area contributed by atoms with Crippen molar-refractivity contribution in [3.05, 3.63) is 10.1 Å². The molecule has 0 aliphatic heterocycles. The van der Waals surface area contributed by atoms with Gasteiger partial charge in [-0.05, 0) is 19.3 Å². The molecule has 0 aromatic carbocycles. The number of methoxy groups -OCH3 is 2. The number of carbonyl (C=O) groups is 1. The summed E-state index contributed by atoms with van der Waals surface area (Å²) in [4.78, 5) is 30.3. The second-order valence-electron chi connectivity index (χ2n) is 7.13. The Balaban J connectivity index is 3.08. The van der Waals surface area contributed by atoms with Crippen LogP contribution in [0.2, 0.25) is 0 Å². The molecule has 0 saturated heterocycles. The van der Waals surface area contributed by atoms with Crippen molar-refractivity contribution in [2.75, 3.05) is 26.1 Å². The van der Waals surface area contributed by atoms with Crippen LogP contribution in [-0.2, 0) is 4.74 Å². The maximum Gasteiger partial charge on any atom is 0.407 e. The summed E-state index contributed by atoms with van der Waals surface area (Å²) in [5, 5.41) is 16.9. The topological polar surface area (TPSA) is 138 Å². The average molecular weight is 385 g/mol. The van der Waals surface area contributed by atoms with Gasteiger partial charge in [0.05, 0.1) is 25.2 Å². The summed E-state index contributed by atoms with van der Waals surface area (Å²) in [6.07, 6.45) is -0.541. The normalized spacial score (nSPS) is 12.3. The molecule has 1 aromatic heterocycles. The number of nitrogens with zero attached hydrogens (tertiary/aromatic N) is 3. The number of hydrogen-bond donors (Lipinski definition) is 2. The molecule has 0 saturated carbocycles. The van der Waals surface area contributed by atoms with E-state index in [1.165, 1.54) is 14.2 Å². The molecule has 1 heterocycles. The van der Waals surface area contributed by atoms with Gasteiger partial charge in [0.2, 0.25) is 5.95 Å². The third-order valence-corrected chi connectivity index (χ3v) is 3.53. The summed E-state index contributed by atoms with van der Waals surface area (Å²) in [5.41, 5.74) is -0.811. The van der Waals surface area contributed by atoms with E-state index in [2.05, 4.69) is 20.6 Å². The van der Waals surface area contributed by atoms with Gasteiger partial charge < -0.3 is 24.8 Å². The standard InChI is InChI=1S/C16H27N5O6/c1-9(2)17-15(22)27-8-10(16(3,4)5)18-14-19-12(25-6)11(21(23)24)13(20-14)26-7/h9-10H,8H2,1-7H3,(H,17,22)(H,18,19,20). The first kappa shape index (κ1) is 22.2. The highest BCUT2D eigenvalue weighted by Gasteiger charge is 2.31. The fraction of sp³-hybridized carbons (Fsp3) is 0.688. The minimum absolute atomic E-state index is 0.0348. The van der Waals surface area contributed by atoms with E-state index < -0.39 is 16.7 Å². The molecule has 1 atom stereocenters. The van der Waals surface area contributed by atoms with Crippen LogP contribution in [0.5, 0.6) is 11.8 Å². The SMILES string of the molecule is COc1nc(NC(COC(=O)NC(C)C)C(C)(C)C)nc(OC)c1[N+](=O)[O-]. The van der Waals surface area contributed by atoms with Crippen LogP contribution in [0.15, 0.2) is 0 Å². The average Bonchev–Trinajstić information content (AvgIpc) is 2.55. The minimum atomic E-state index is -0.679. The predicted octanol–water partition coefficient (Wildman–Crippen LogP) is 2.36. The number of carbonyl (C=O) groups excluding carboxylic acids is 1. The van der Waals surface area contributed by atoms with E-state index in [0.29, 0.717) is 0 Å². The summed E-state index contributed by atoms with van der Waals surface area (Å²) in [7, 11) is 2.53. The first-order valence-electron chi connectivity index (χ1n) is 8.33. The number of nitro groups is 1. The molecule has 0 fully saturated rings. The second-order valence-corrected chi connectivity index (χ2v) is 7.13. The van der Waals surface area contributed by atoms with Gasteiger partial charge in [-0.25, -0.2) is 4.79 Å². The lowest BCUT2D eigenvalue weighted by Crippen LogP contribution is -2.41. The van der Waals surface area contributed by atoms with Crippen LogP contribution in [0.4, 0.5) is 16.4 Å². The van der Waals surface area contributed by atoms with Crippen LogP contribution in [0.1, 0.15) is 34.6 Å². The zero-order chi connectivity index (χ0) is 20.8. The number of aromatic nitrogens is 2. The largest absolute Gasteiger partial charge is 0.476 e. The Morgan fingerprint density at radius 2 is 1.70 bits per heavy atom. The quantitative estimate of drug-likeness (QED) is 0.510. The summed E-state index contributed by atoms with van der Waals surface area (Å²) in [6.45, 7) is 9.50. The number of rotatable bonds is 8. The number of ether oxygens (including phenoxy) is 3. The van der Waals surface area contributed by atoms with E-state index in [1.54, 1.807) is 0 Å². The number of anilines is 1. The molecule has 11 heteroatoms. The molecule has 1 rings (SSSR count). The van der Waals surface area contributed by atoms with E-state index >= 15 is 0 Å². The van der Waals surface area contributed by atoms with Crippen LogP contribution < -0.4 is 20.1 Å². The summed E-state index contributed by atoms with van der Waals surface area (Å²) < 4.78 is 15.2. The van der Waals surface area contributed by atoms with Gasteiger partial charge in [-0.3, -0.25) is 10.1 Å². The molecule has 27 heavy (non-hydrogen) atoms. The monoisotopic (exact) mass is 385 g/mol. The van der Waals surface area contributed by atoms with Crippen LogP contribution in [0.25, 0.3) is 0 Å². The molecule has 0 spiro atoms. The summed E-state index contributed by atoms with van der Waals surface area (Å²) in [5.74, 6) is -0.414. The van der Waals surface area contributed by atoms with E-state index in [0.717, 1.165) is 0 Å². The maximum absolute atomic E-state index is 11.8. The van der Waals surface area contributed by atoms with Gasteiger partial charge in [-0.15, -0.1) is 0 Å². The fourth-order valence-corrected chi connectivity index (χ4v) is 2.02. The molecule has 152 valence electrons. The number of alkyl carbamates (subject to hydrolysis) is 1. The fourth-order valence-electron chi connectivity index (χ4n) is 2.02. The molecule has 0 bridgehead atoms. The Morgan fingerprint density at radius 1 is 1.19 bits per heavy atom. The lowest BCUT2D eigenvalue weighted by molar-refractivity contribution is -0.387. The van der Waals surface area contributed by atoms with Gasteiger partial charge in [-0.1, -0.05) is 20.8 Å². The molecular weight excluding hydrogens is 358 g/mol. The molecule has 0 radical (unpaired) electrons. The number of hydrogen-bond acceptors (Lipinski definition) is 9. The molecule has 1 unspecified atom stereocenters. The van der Waals surface area contributed by atoms with Crippen LogP contribution in [0, 0.1) is 15.5 Å². The molecule has 1 amide bonds. The first-order valence-corrected chi connectivity index (χ1v) is 8.33. The van der Waals surface area contributed by atoms with E-state index in [9.17, 15) is 14.9 Å². The molecule has 0 aliphatic rings. The maximum atomic E-state index is 11.8. The first-order chi connectivity index (χ1) is 12.5. The van der Waals surface area contributed by atoms with Gasteiger partial charge in [0.1, 0.15) is 6.61 Å². The minimum Gasteiger partial charge on any atom is -0.476 e.